The third kappa shape index (κ3) is 6.07. The highest BCUT2D eigenvalue weighted by atomic mass is 16.6. The summed E-state index contributed by atoms with van der Waals surface area (Å²) in [6, 6.07) is 19.3. The maximum atomic E-state index is 12.7. The Hall–Kier alpha value is -4.20. The van der Waals surface area contributed by atoms with Crippen LogP contribution < -0.4 is 18.9 Å². The number of carbonyl (C=O) groups is 1. The second kappa shape index (κ2) is 12.0. The van der Waals surface area contributed by atoms with E-state index in [1.54, 1.807) is 38.5 Å². The molecule has 8 heteroatoms. The minimum Gasteiger partial charge on any atom is -0.493 e. The molecule has 0 N–H and O–H groups in total. The molecule has 0 fully saturated rings. The molecule has 1 aliphatic rings. The molecule has 0 spiro atoms. The Bertz CT molecular complexity index is 1210. The van der Waals surface area contributed by atoms with Crippen LogP contribution >= 0.6 is 0 Å². The van der Waals surface area contributed by atoms with E-state index >= 15 is 0 Å². The molecule has 1 amide bonds. The Balaban J connectivity index is 1.30. The van der Waals surface area contributed by atoms with Crippen molar-refractivity contribution in [2.24, 2.45) is 5.16 Å². The van der Waals surface area contributed by atoms with Gasteiger partial charge in [0.1, 0.15) is 6.61 Å². The van der Waals surface area contributed by atoms with Crippen molar-refractivity contribution in [2.45, 2.75) is 19.6 Å². The maximum absolute atomic E-state index is 12.7. The van der Waals surface area contributed by atoms with E-state index < -0.39 is 0 Å². The SMILES string of the molecule is COc1cc2c(cc1OC)CN(C(=O)CO/N=C/c1ccc(OCc3ccccc3)c(OC)c1)CC2. The van der Waals surface area contributed by atoms with Gasteiger partial charge in [0.05, 0.1) is 27.5 Å². The molecule has 0 atom stereocenters. The second-order valence-corrected chi connectivity index (χ2v) is 8.23. The Kier molecular flexibility index (Phi) is 8.28. The predicted octanol–water partition coefficient (Wildman–Crippen LogP) is 4.23. The van der Waals surface area contributed by atoms with Crippen LogP contribution in [0.4, 0.5) is 0 Å². The number of carbonyl (C=O) groups excluding carboxylic acids is 1. The molecule has 188 valence electrons. The third-order valence-electron chi connectivity index (χ3n) is 5.96. The molecule has 3 aromatic carbocycles. The van der Waals surface area contributed by atoms with Crippen LogP contribution in [-0.4, -0.2) is 51.5 Å². The van der Waals surface area contributed by atoms with E-state index in [0.717, 1.165) is 28.7 Å². The van der Waals surface area contributed by atoms with Gasteiger partial charge < -0.3 is 28.7 Å². The van der Waals surface area contributed by atoms with E-state index in [1.807, 2.05) is 54.6 Å². The first kappa shape index (κ1) is 24.9. The molecule has 3 aromatic rings. The summed E-state index contributed by atoms with van der Waals surface area (Å²) < 4.78 is 22.1. The van der Waals surface area contributed by atoms with Crippen LogP contribution in [-0.2, 0) is 29.2 Å². The molecule has 0 radical (unpaired) electrons. The molecule has 1 aliphatic heterocycles. The summed E-state index contributed by atoms with van der Waals surface area (Å²) in [6.07, 6.45) is 2.28. The maximum Gasteiger partial charge on any atom is 0.263 e. The van der Waals surface area contributed by atoms with Crippen molar-refractivity contribution in [3.05, 3.63) is 82.9 Å². The summed E-state index contributed by atoms with van der Waals surface area (Å²) in [5.74, 6) is 2.44. The van der Waals surface area contributed by atoms with Crippen molar-refractivity contribution in [2.75, 3.05) is 34.5 Å². The summed E-state index contributed by atoms with van der Waals surface area (Å²) in [4.78, 5) is 19.7. The molecular formula is C28H30N2O6. The Morgan fingerprint density at radius 3 is 2.31 bits per heavy atom. The molecule has 0 aliphatic carbocycles. The molecule has 1 heterocycles. The van der Waals surface area contributed by atoms with Crippen LogP contribution in [0.2, 0.25) is 0 Å². The van der Waals surface area contributed by atoms with Gasteiger partial charge in [-0.1, -0.05) is 35.5 Å². The number of fused-ring (bicyclic) bond motifs is 1. The Morgan fingerprint density at radius 2 is 1.58 bits per heavy atom. The standard InChI is InChI=1S/C28H30N2O6/c1-32-25-13-21(9-10-24(25)35-18-20-7-5-4-6-8-20)16-29-36-19-28(31)30-12-11-22-14-26(33-2)27(34-3)15-23(22)17-30/h4-10,13-16H,11-12,17-19H2,1-3H3/b29-16+. The third-order valence-corrected chi connectivity index (χ3v) is 5.96. The topological polar surface area (TPSA) is 78.8 Å². The first-order chi connectivity index (χ1) is 17.6. The minimum absolute atomic E-state index is 0.130. The van der Waals surface area contributed by atoms with E-state index in [0.29, 0.717) is 42.7 Å². The van der Waals surface area contributed by atoms with Gasteiger partial charge in [-0.15, -0.1) is 0 Å². The van der Waals surface area contributed by atoms with Crippen molar-refractivity contribution in [1.29, 1.82) is 0 Å². The van der Waals surface area contributed by atoms with Crippen LogP contribution in [0.15, 0.2) is 65.8 Å². The molecule has 0 bridgehead atoms. The lowest BCUT2D eigenvalue weighted by Gasteiger charge is -2.29. The number of hydrogen-bond donors (Lipinski definition) is 0. The summed E-state index contributed by atoms with van der Waals surface area (Å²) in [6.45, 7) is 1.39. The first-order valence-electron chi connectivity index (χ1n) is 11.6. The minimum atomic E-state index is -0.144. The number of oxime groups is 1. The highest BCUT2D eigenvalue weighted by molar-refractivity contribution is 5.81. The van der Waals surface area contributed by atoms with Crippen LogP contribution in [0, 0.1) is 0 Å². The number of ether oxygens (including phenoxy) is 4. The zero-order chi connectivity index (χ0) is 25.3. The molecule has 36 heavy (non-hydrogen) atoms. The zero-order valence-corrected chi connectivity index (χ0v) is 20.7. The molecular weight excluding hydrogens is 460 g/mol. The average molecular weight is 491 g/mol. The number of amides is 1. The lowest BCUT2D eigenvalue weighted by Crippen LogP contribution is -2.38. The first-order valence-corrected chi connectivity index (χ1v) is 11.6. The molecule has 0 saturated carbocycles. The largest absolute Gasteiger partial charge is 0.493 e. The van der Waals surface area contributed by atoms with Gasteiger partial charge in [0.25, 0.3) is 5.91 Å². The van der Waals surface area contributed by atoms with Crippen LogP contribution in [0.1, 0.15) is 22.3 Å². The monoisotopic (exact) mass is 490 g/mol. The number of nitrogens with zero attached hydrogens (tertiary/aromatic N) is 2. The molecule has 4 rings (SSSR count). The quantitative estimate of drug-likeness (QED) is 0.313. The van der Waals surface area contributed by atoms with Gasteiger partial charge in [0.2, 0.25) is 0 Å². The fourth-order valence-electron chi connectivity index (χ4n) is 4.00. The van der Waals surface area contributed by atoms with E-state index in [-0.39, 0.29) is 12.5 Å². The summed E-state index contributed by atoms with van der Waals surface area (Å²) in [5.41, 5.74) is 4.02. The average Bonchev–Trinajstić information content (AvgIpc) is 2.93. The molecule has 0 unspecified atom stereocenters. The van der Waals surface area contributed by atoms with Gasteiger partial charge in [0.15, 0.2) is 29.6 Å². The fraction of sp³-hybridized carbons (Fsp3) is 0.286. The Labute approximate surface area is 211 Å². The highest BCUT2D eigenvalue weighted by Gasteiger charge is 2.23. The molecule has 8 nitrogen and oxygen atoms in total. The van der Waals surface area contributed by atoms with Crippen molar-refractivity contribution in [3.63, 3.8) is 0 Å². The van der Waals surface area contributed by atoms with Crippen LogP contribution in [0.3, 0.4) is 0 Å². The number of hydrogen-bond acceptors (Lipinski definition) is 7. The van der Waals surface area contributed by atoms with Gasteiger partial charge >= 0.3 is 0 Å². The van der Waals surface area contributed by atoms with Gasteiger partial charge in [0, 0.05) is 18.7 Å². The summed E-state index contributed by atoms with van der Waals surface area (Å²) in [7, 11) is 4.80. The zero-order valence-electron chi connectivity index (χ0n) is 20.7. The van der Waals surface area contributed by atoms with Crippen molar-refractivity contribution in [1.82, 2.24) is 4.90 Å². The van der Waals surface area contributed by atoms with Crippen LogP contribution in [0.25, 0.3) is 0 Å². The predicted molar refractivity (Wildman–Crippen MR) is 136 cm³/mol. The fourth-order valence-corrected chi connectivity index (χ4v) is 4.00. The van der Waals surface area contributed by atoms with E-state index in [4.69, 9.17) is 23.8 Å². The van der Waals surface area contributed by atoms with E-state index in [2.05, 4.69) is 5.16 Å². The van der Waals surface area contributed by atoms with Crippen LogP contribution in [0.5, 0.6) is 23.0 Å². The number of benzene rings is 3. The molecule has 0 saturated heterocycles. The number of rotatable bonds is 10. The lowest BCUT2D eigenvalue weighted by molar-refractivity contribution is -0.137. The van der Waals surface area contributed by atoms with Gasteiger partial charge in [-0.2, -0.15) is 0 Å². The van der Waals surface area contributed by atoms with Crippen molar-refractivity contribution >= 4 is 12.1 Å². The Morgan fingerprint density at radius 1 is 0.889 bits per heavy atom. The lowest BCUT2D eigenvalue weighted by atomic mass is 9.99. The van der Waals surface area contributed by atoms with E-state index in [9.17, 15) is 4.79 Å². The van der Waals surface area contributed by atoms with Crippen molar-refractivity contribution in [3.8, 4) is 23.0 Å². The van der Waals surface area contributed by atoms with E-state index in [1.165, 1.54) is 0 Å². The number of methoxy groups -OCH3 is 3. The smallest absolute Gasteiger partial charge is 0.263 e. The molecule has 0 aromatic heterocycles. The highest BCUT2D eigenvalue weighted by Crippen LogP contribution is 2.33. The van der Waals surface area contributed by atoms with Gasteiger partial charge in [-0.25, -0.2) is 0 Å². The summed E-state index contributed by atoms with van der Waals surface area (Å²) >= 11 is 0. The second-order valence-electron chi connectivity index (χ2n) is 8.23. The van der Waals surface area contributed by atoms with Crippen molar-refractivity contribution < 1.29 is 28.6 Å². The summed E-state index contributed by atoms with van der Waals surface area (Å²) in [5, 5.41) is 3.96. The normalized spacial score (nSPS) is 12.7. The van der Waals surface area contributed by atoms with Gasteiger partial charge in [-0.3, -0.25) is 4.79 Å². The van der Waals surface area contributed by atoms with Gasteiger partial charge in [-0.05, 0) is 53.4 Å².